The SMILES string of the molecule is CN=C(NCc1ccc(N2CCOCC2)c(F)c1)NC(C)COC. The average molecular weight is 338 g/mol. The number of nitrogens with one attached hydrogen (secondary N) is 2. The van der Waals surface area contributed by atoms with E-state index in [0.717, 1.165) is 18.7 Å². The second-order valence-corrected chi connectivity index (χ2v) is 5.81. The van der Waals surface area contributed by atoms with Gasteiger partial charge in [0.1, 0.15) is 5.82 Å². The van der Waals surface area contributed by atoms with Crippen molar-refractivity contribution in [3.05, 3.63) is 29.6 Å². The van der Waals surface area contributed by atoms with Crippen LogP contribution in [0.25, 0.3) is 0 Å². The molecule has 1 aromatic rings. The van der Waals surface area contributed by atoms with Gasteiger partial charge in [-0.2, -0.15) is 0 Å². The Labute approximate surface area is 143 Å². The maximum Gasteiger partial charge on any atom is 0.191 e. The summed E-state index contributed by atoms with van der Waals surface area (Å²) in [7, 11) is 3.37. The molecule has 1 atom stereocenters. The minimum absolute atomic E-state index is 0.140. The number of aliphatic imine (C=N–C) groups is 1. The molecule has 1 fully saturated rings. The van der Waals surface area contributed by atoms with Crippen molar-refractivity contribution in [2.45, 2.75) is 19.5 Å². The molecule has 0 aromatic heterocycles. The van der Waals surface area contributed by atoms with Crippen molar-refractivity contribution in [2.75, 3.05) is 52.0 Å². The number of guanidine groups is 1. The first-order valence-electron chi connectivity index (χ1n) is 8.21. The molecular formula is C17H27FN4O2. The number of halogens is 1. The van der Waals surface area contributed by atoms with E-state index in [4.69, 9.17) is 9.47 Å². The first-order valence-corrected chi connectivity index (χ1v) is 8.21. The molecule has 6 nitrogen and oxygen atoms in total. The zero-order valence-electron chi connectivity index (χ0n) is 14.6. The summed E-state index contributed by atoms with van der Waals surface area (Å²) in [6, 6.07) is 5.49. The van der Waals surface area contributed by atoms with Gasteiger partial charge >= 0.3 is 0 Å². The average Bonchev–Trinajstić information content (AvgIpc) is 2.59. The Bertz CT molecular complexity index is 547. The van der Waals surface area contributed by atoms with E-state index in [1.165, 1.54) is 0 Å². The lowest BCUT2D eigenvalue weighted by molar-refractivity contribution is 0.122. The number of methoxy groups -OCH3 is 1. The van der Waals surface area contributed by atoms with Crippen LogP contribution in [0, 0.1) is 5.82 Å². The molecule has 0 saturated carbocycles. The normalized spacial score (nSPS) is 16.8. The van der Waals surface area contributed by atoms with Crippen LogP contribution in [0.3, 0.4) is 0 Å². The Morgan fingerprint density at radius 2 is 2.17 bits per heavy atom. The van der Waals surface area contributed by atoms with Crippen LogP contribution in [0.15, 0.2) is 23.2 Å². The molecule has 2 rings (SSSR count). The van der Waals surface area contributed by atoms with Crippen molar-refractivity contribution >= 4 is 11.6 Å². The second kappa shape index (κ2) is 9.44. The van der Waals surface area contributed by atoms with Crippen molar-refractivity contribution in [2.24, 2.45) is 4.99 Å². The lowest BCUT2D eigenvalue weighted by Gasteiger charge is -2.29. The number of benzene rings is 1. The van der Waals surface area contributed by atoms with Crippen LogP contribution in [-0.4, -0.2) is 59.1 Å². The standard InChI is InChI=1S/C17H27FN4O2/c1-13(12-23-3)21-17(19-2)20-11-14-4-5-16(15(18)10-14)22-6-8-24-9-7-22/h4-5,10,13H,6-9,11-12H2,1-3H3,(H2,19,20,21). The Morgan fingerprint density at radius 1 is 1.42 bits per heavy atom. The number of nitrogens with zero attached hydrogens (tertiary/aromatic N) is 2. The maximum atomic E-state index is 14.4. The smallest absolute Gasteiger partial charge is 0.191 e. The lowest BCUT2D eigenvalue weighted by Crippen LogP contribution is -2.43. The Hall–Kier alpha value is -1.86. The first kappa shape index (κ1) is 18.5. The predicted molar refractivity (Wildman–Crippen MR) is 94.1 cm³/mol. The molecule has 1 unspecified atom stereocenters. The molecule has 1 aliphatic rings. The van der Waals surface area contributed by atoms with Crippen LogP contribution < -0.4 is 15.5 Å². The summed E-state index contributed by atoms with van der Waals surface area (Å²) in [4.78, 5) is 6.18. The highest BCUT2D eigenvalue weighted by atomic mass is 19.1. The highest BCUT2D eigenvalue weighted by Crippen LogP contribution is 2.21. The van der Waals surface area contributed by atoms with E-state index in [-0.39, 0.29) is 11.9 Å². The Balaban J connectivity index is 1.91. The Morgan fingerprint density at radius 3 is 2.79 bits per heavy atom. The van der Waals surface area contributed by atoms with Gasteiger partial charge in [-0.1, -0.05) is 6.07 Å². The topological polar surface area (TPSA) is 58.1 Å². The van der Waals surface area contributed by atoms with E-state index in [0.29, 0.717) is 38.0 Å². The van der Waals surface area contributed by atoms with Gasteiger partial charge in [0.25, 0.3) is 0 Å². The molecule has 24 heavy (non-hydrogen) atoms. The highest BCUT2D eigenvalue weighted by Gasteiger charge is 2.15. The van der Waals surface area contributed by atoms with Gasteiger partial charge in [-0.25, -0.2) is 4.39 Å². The van der Waals surface area contributed by atoms with Crippen LogP contribution in [0.1, 0.15) is 12.5 Å². The van der Waals surface area contributed by atoms with Crippen LogP contribution >= 0.6 is 0 Å². The quantitative estimate of drug-likeness (QED) is 0.606. The van der Waals surface area contributed by atoms with Gasteiger partial charge in [0.15, 0.2) is 5.96 Å². The minimum Gasteiger partial charge on any atom is -0.383 e. The summed E-state index contributed by atoms with van der Waals surface area (Å²) in [6.07, 6.45) is 0. The molecular weight excluding hydrogens is 311 g/mol. The molecule has 2 N–H and O–H groups in total. The van der Waals surface area contributed by atoms with Gasteiger partial charge < -0.3 is 25.0 Å². The number of anilines is 1. The molecule has 1 saturated heterocycles. The van der Waals surface area contributed by atoms with Crippen molar-refractivity contribution in [1.29, 1.82) is 0 Å². The summed E-state index contributed by atoms with van der Waals surface area (Å²) in [5.74, 6) is 0.462. The van der Waals surface area contributed by atoms with Gasteiger partial charge in [0, 0.05) is 39.8 Å². The first-order chi connectivity index (χ1) is 11.6. The van der Waals surface area contributed by atoms with Crippen LogP contribution in [0.4, 0.5) is 10.1 Å². The van der Waals surface area contributed by atoms with Gasteiger partial charge in [-0.15, -0.1) is 0 Å². The third-order valence-corrected chi connectivity index (χ3v) is 3.85. The molecule has 1 aliphatic heterocycles. The van der Waals surface area contributed by atoms with Crippen LogP contribution in [0.5, 0.6) is 0 Å². The van der Waals surface area contributed by atoms with Gasteiger partial charge in [-0.3, -0.25) is 4.99 Å². The van der Waals surface area contributed by atoms with E-state index < -0.39 is 0 Å². The van der Waals surface area contributed by atoms with Crippen molar-refractivity contribution in [1.82, 2.24) is 10.6 Å². The minimum atomic E-state index is -0.202. The number of hydrogen-bond acceptors (Lipinski definition) is 4. The second-order valence-electron chi connectivity index (χ2n) is 5.81. The summed E-state index contributed by atoms with van der Waals surface area (Å²) in [6.45, 7) is 5.83. The van der Waals surface area contributed by atoms with E-state index >= 15 is 0 Å². The fourth-order valence-corrected chi connectivity index (χ4v) is 2.63. The summed E-state index contributed by atoms with van der Waals surface area (Å²) in [5.41, 5.74) is 1.50. The number of rotatable bonds is 6. The molecule has 0 bridgehead atoms. The van der Waals surface area contributed by atoms with Gasteiger partial charge in [-0.05, 0) is 24.6 Å². The number of morpholine rings is 1. The number of ether oxygens (including phenoxy) is 2. The fraction of sp³-hybridized carbons (Fsp3) is 0.588. The monoisotopic (exact) mass is 338 g/mol. The molecule has 0 aliphatic carbocycles. The van der Waals surface area contributed by atoms with Crippen LogP contribution in [0.2, 0.25) is 0 Å². The largest absolute Gasteiger partial charge is 0.383 e. The van der Waals surface area contributed by atoms with E-state index in [2.05, 4.69) is 15.6 Å². The highest BCUT2D eigenvalue weighted by molar-refractivity contribution is 5.79. The lowest BCUT2D eigenvalue weighted by atomic mass is 10.1. The molecule has 1 aromatic carbocycles. The zero-order chi connectivity index (χ0) is 17.4. The molecule has 0 spiro atoms. The Kier molecular flexibility index (Phi) is 7.27. The third kappa shape index (κ3) is 5.35. The van der Waals surface area contributed by atoms with E-state index in [9.17, 15) is 4.39 Å². The molecule has 134 valence electrons. The maximum absolute atomic E-state index is 14.4. The third-order valence-electron chi connectivity index (χ3n) is 3.85. The van der Waals surface area contributed by atoms with Gasteiger partial charge in [0.2, 0.25) is 0 Å². The molecule has 7 heteroatoms. The van der Waals surface area contributed by atoms with Crippen molar-refractivity contribution < 1.29 is 13.9 Å². The van der Waals surface area contributed by atoms with Crippen LogP contribution in [-0.2, 0) is 16.0 Å². The summed E-state index contributed by atoms with van der Waals surface area (Å²) >= 11 is 0. The fourth-order valence-electron chi connectivity index (χ4n) is 2.63. The molecule has 0 amide bonds. The van der Waals surface area contributed by atoms with Gasteiger partial charge in [0.05, 0.1) is 25.5 Å². The molecule has 1 heterocycles. The summed E-state index contributed by atoms with van der Waals surface area (Å²) in [5, 5.41) is 6.40. The van der Waals surface area contributed by atoms with E-state index in [1.54, 1.807) is 20.2 Å². The summed E-state index contributed by atoms with van der Waals surface area (Å²) < 4.78 is 24.8. The molecule has 0 radical (unpaired) electrons. The van der Waals surface area contributed by atoms with Crippen molar-refractivity contribution in [3.8, 4) is 0 Å². The number of hydrogen-bond donors (Lipinski definition) is 2. The van der Waals surface area contributed by atoms with E-state index in [1.807, 2.05) is 24.0 Å². The predicted octanol–water partition coefficient (Wildman–Crippen LogP) is 1.36. The van der Waals surface area contributed by atoms with Crippen molar-refractivity contribution in [3.63, 3.8) is 0 Å². The zero-order valence-corrected chi connectivity index (χ0v) is 14.6.